The van der Waals surface area contributed by atoms with Crippen molar-refractivity contribution in [2.45, 2.75) is 108 Å². The topological polar surface area (TPSA) is 274 Å². The molecule has 9 N–H and O–H groups in total. The molecule has 19 heteroatoms. The van der Waals surface area contributed by atoms with E-state index in [0.717, 1.165) is 32.0 Å². The van der Waals surface area contributed by atoms with E-state index in [1.165, 1.54) is 0 Å². The maximum Gasteiger partial charge on any atom is 0.312 e. The van der Waals surface area contributed by atoms with E-state index in [2.05, 4.69) is 37.2 Å². The lowest BCUT2D eigenvalue weighted by Gasteiger charge is -2.34. The summed E-state index contributed by atoms with van der Waals surface area (Å²) in [6.07, 6.45) is 9.09. The predicted octanol–water partition coefficient (Wildman–Crippen LogP) is -0.551. The van der Waals surface area contributed by atoms with Gasteiger partial charge in [0.1, 0.15) is 11.8 Å². The van der Waals surface area contributed by atoms with E-state index in [1.807, 2.05) is 6.92 Å². The van der Waals surface area contributed by atoms with Gasteiger partial charge in [0, 0.05) is 70.9 Å². The van der Waals surface area contributed by atoms with E-state index >= 15 is 0 Å². The largest absolute Gasteiger partial charge is 0.378 e. The average Bonchev–Trinajstić information content (AvgIpc) is 3.14. The van der Waals surface area contributed by atoms with Crippen LogP contribution in [0.5, 0.6) is 0 Å². The zero-order valence-electron chi connectivity index (χ0n) is 32.6. The lowest BCUT2D eigenvalue weighted by Crippen LogP contribution is -2.58. The third-order valence-corrected chi connectivity index (χ3v) is 8.00. The van der Waals surface area contributed by atoms with Crippen LogP contribution >= 0.6 is 0 Å². The number of ether oxygens (including phenoxy) is 3. The minimum atomic E-state index is -1.18. The fourth-order valence-corrected chi connectivity index (χ4v) is 5.13. The molecule has 0 radical (unpaired) electrons. The number of urea groups is 1. The van der Waals surface area contributed by atoms with Crippen LogP contribution < -0.4 is 43.0 Å². The standard InChI is InChI=1S/C36H66N8O11/c1-30(11-7-18-42-35(37)52)43-33(50)12-5-3-2-4-6-13-34(51)44-36(25-53-22-10-21-45,26-54-23-14-31(48)40-19-8-16-38-28-46)27-55-24-15-32(49)41-20-9-17-39-29-47/h21,28-30H,2-20,22-27H2,1H3,(H,38,46)(H,39,47)(H,40,48)(H,41,49)(H,43,50)(H,44,51)(H3,37,42,52). The van der Waals surface area contributed by atoms with Gasteiger partial charge in [-0.25, -0.2) is 4.79 Å². The van der Waals surface area contributed by atoms with Crippen LogP contribution in [0.15, 0.2) is 0 Å². The molecule has 0 spiro atoms. The number of carbonyl (C=O) groups is 8. The van der Waals surface area contributed by atoms with Crippen molar-refractivity contribution in [2.24, 2.45) is 5.73 Å². The molecule has 0 saturated heterocycles. The first-order valence-electron chi connectivity index (χ1n) is 19.3. The summed E-state index contributed by atoms with van der Waals surface area (Å²) in [6, 6.07) is -0.583. The normalized spacial score (nSPS) is 11.4. The van der Waals surface area contributed by atoms with Gasteiger partial charge in [0.15, 0.2) is 0 Å². The van der Waals surface area contributed by atoms with Crippen molar-refractivity contribution in [2.75, 3.05) is 72.4 Å². The first-order valence-corrected chi connectivity index (χ1v) is 19.3. The maximum absolute atomic E-state index is 13.2. The number of rotatable bonds is 39. The summed E-state index contributed by atoms with van der Waals surface area (Å²) in [5.41, 5.74) is 3.87. The van der Waals surface area contributed by atoms with Crippen molar-refractivity contribution in [3.63, 3.8) is 0 Å². The summed E-state index contributed by atoms with van der Waals surface area (Å²) < 4.78 is 17.4. The van der Waals surface area contributed by atoms with Crippen molar-refractivity contribution >= 4 is 48.8 Å². The molecular weight excluding hydrogens is 720 g/mol. The van der Waals surface area contributed by atoms with Crippen LogP contribution in [0.3, 0.4) is 0 Å². The molecule has 0 fully saturated rings. The number of nitrogens with two attached hydrogens (primary N) is 1. The second kappa shape index (κ2) is 35.3. The zero-order valence-corrected chi connectivity index (χ0v) is 32.6. The van der Waals surface area contributed by atoms with Crippen molar-refractivity contribution in [3.05, 3.63) is 0 Å². The SMILES string of the molecule is CC(CCCNC(N)=O)NC(=O)CCCCCCCC(=O)NC(COCCC=O)(COCCC(=O)NCCCNC=O)COCCC(=O)NCCCNC=O. The highest BCUT2D eigenvalue weighted by Crippen LogP contribution is 2.13. The zero-order chi connectivity index (χ0) is 40.8. The Morgan fingerprint density at radius 2 is 1.07 bits per heavy atom. The van der Waals surface area contributed by atoms with Crippen LogP contribution in [-0.2, 0) is 47.8 Å². The van der Waals surface area contributed by atoms with Gasteiger partial charge in [-0.05, 0) is 45.4 Å². The molecule has 0 aromatic carbocycles. The number of amides is 8. The van der Waals surface area contributed by atoms with Gasteiger partial charge in [0.05, 0.1) is 39.6 Å². The fourth-order valence-electron chi connectivity index (χ4n) is 5.13. The quantitative estimate of drug-likeness (QED) is 0.0289. The van der Waals surface area contributed by atoms with Crippen molar-refractivity contribution in [1.29, 1.82) is 0 Å². The fraction of sp³-hybridized carbons (Fsp3) is 0.778. The number of hydrogen-bond donors (Lipinski definition) is 8. The van der Waals surface area contributed by atoms with Gasteiger partial charge in [-0.15, -0.1) is 0 Å². The summed E-state index contributed by atoms with van der Waals surface area (Å²) in [7, 11) is 0. The summed E-state index contributed by atoms with van der Waals surface area (Å²) in [5, 5.41) is 19.0. The summed E-state index contributed by atoms with van der Waals surface area (Å²) in [5.74, 6) is -0.781. The van der Waals surface area contributed by atoms with E-state index in [4.69, 9.17) is 19.9 Å². The van der Waals surface area contributed by atoms with E-state index < -0.39 is 11.6 Å². The van der Waals surface area contributed by atoms with Gasteiger partial charge < -0.3 is 62.0 Å². The van der Waals surface area contributed by atoms with Gasteiger partial charge in [-0.2, -0.15) is 0 Å². The number of hydrogen-bond acceptors (Lipinski definition) is 11. The molecule has 0 bridgehead atoms. The molecule has 19 nitrogen and oxygen atoms in total. The summed E-state index contributed by atoms with van der Waals surface area (Å²) >= 11 is 0. The molecule has 1 atom stereocenters. The highest BCUT2D eigenvalue weighted by molar-refractivity contribution is 5.77. The van der Waals surface area contributed by atoms with Crippen LogP contribution in [0.25, 0.3) is 0 Å². The predicted molar refractivity (Wildman–Crippen MR) is 203 cm³/mol. The Labute approximate surface area is 324 Å². The van der Waals surface area contributed by atoms with E-state index in [0.29, 0.717) is 84.1 Å². The molecule has 316 valence electrons. The third-order valence-electron chi connectivity index (χ3n) is 8.00. The van der Waals surface area contributed by atoms with Gasteiger partial charge in [0.2, 0.25) is 36.4 Å². The molecule has 0 aromatic rings. The van der Waals surface area contributed by atoms with Crippen LogP contribution in [-0.4, -0.2) is 133 Å². The molecular formula is C36H66N8O11. The van der Waals surface area contributed by atoms with Crippen molar-refractivity contribution < 1.29 is 52.6 Å². The minimum absolute atomic E-state index is 0.0139. The second-order valence-corrected chi connectivity index (χ2v) is 13.2. The average molecular weight is 787 g/mol. The Morgan fingerprint density at radius 3 is 1.58 bits per heavy atom. The second-order valence-electron chi connectivity index (χ2n) is 13.2. The van der Waals surface area contributed by atoms with Crippen LogP contribution in [0.4, 0.5) is 4.79 Å². The highest BCUT2D eigenvalue weighted by Gasteiger charge is 2.34. The van der Waals surface area contributed by atoms with Crippen molar-refractivity contribution in [3.8, 4) is 0 Å². The summed E-state index contributed by atoms with van der Waals surface area (Å²) in [6.45, 7) is 4.01. The first kappa shape index (κ1) is 50.6. The number of nitrogens with one attached hydrogen (secondary N) is 7. The van der Waals surface area contributed by atoms with Gasteiger partial charge in [0.25, 0.3) is 0 Å². The van der Waals surface area contributed by atoms with E-state index in [1.54, 1.807) is 0 Å². The molecule has 55 heavy (non-hydrogen) atoms. The number of carbonyl (C=O) groups excluding carboxylic acids is 8. The Morgan fingerprint density at radius 1 is 0.582 bits per heavy atom. The Hall–Kier alpha value is -4.36. The number of unbranched alkanes of at least 4 members (excludes halogenated alkanes) is 4. The van der Waals surface area contributed by atoms with E-state index in [-0.39, 0.29) is 95.0 Å². The van der Waals surface area contributed by atoms with E-state index in [9.17, 15) is 38.4 Å². The molecule has 0 aliphatic rings. The van der Waals surface area contributed by atoms with Crippen LogP contribution in [0, 0.1) is 0 Å². The Balaban J connectivity index is 5.03. The highest BCUT2D eigenvalue weighted by atomic mass is 16.5. The number of aldehydes is 1. The van der Waals surface area contributed by atoms with Crippen LogP contribution in [0.1, 0.15) is 96.8 Å². The summed E-state index contributed by atoms with van der Waals surface area (Å²) in [4.78, 5) is 92.4. The Bertz CT molecular complexity index is 1060. The smallest absolute Gasteiger partial charge is 0.312 e. The third kappa shape index (κ3) is 32.8. The molecule has 0 aliphatic carbocycles. The maximum atomic E-state index is 13.2. The monoisotopic (exact) mass is 786 g/mol. The Kier molecular flexibility index (Phi) is 32.5. The molecule has 0 saturated carbocycles. The van der Waals surface area contributed by atoms with Gasteiger partial charge in [-0.3, -0.25) is 28.8 Å². The molecule has 8 amide bonds. The molecule has 1 unspecified atom stereocenters. The van der Waals surface area contributed by atoms with Crippen LogP contribution in [0.2, 0.25) is 0 Å². The molecule has 0 heterocycles. The van der Waals surface area contributed by atoms with Crippen molar-refractivity contribution in [1.82, 2.24) is 37.2 Å². The minimum Gasteiger partial charge on any atom is -0.378 e. The van der Waals surface area contributed by atoms with Gasteiger partial charge >= 0.3 is 6.03 Å². The van der Waals surface area contributed by atoms with Gasteiger partial charge in [-0.1, -0.05) is 19.3 Å². The molecule has 0 aromatic heterocycles. The first-order chi connectivity index (χ1) is 26.6. The lowest BCUT2D eigenvalue weighted by molar-refractivity contribution is -0.130. The molecule has 0 aliphatic heterocycles. The molecule has 0 rings (SSSR count). The lowest BCUT2D eigenvalue weighted by atomic mass is 10.0. The number of primary amides is 1.